The molecule has 0 heterocycles. The monoisotopic (exact) mass is 363 g/mol. The third-order valence-corrected chi connectivity index (χ3v) is 3.81. The number of hydrogen-bond donors (Lipinski definition) is 1. The van der Waals surface area contributed by atoms with Gasteiger partial charge in [-0.05, 0) is 42.8 Å². The van der Waals surface area contributed by atoms with Gasteiger partial charge in [0.2, 0.25) is 0 Å². The number of carbonyl (C=O) groups is 1. The first-order valence-electron chi connectivity index (χ1n) is 8.09. The van der Waals surface area contributed by atoms with Crippen molar-refractivity contribution in [3.05, 3.63) is 53.6 Å². The van der Waals surface area contributed by atoms with Crippen LogP contribution in [0.2, 0.25) is 5.02 Å². The molecule has 0 aliphatic heterocycles. The van der Waals surface area contributed by atoms with Crippen molar-refractivity contribution in [3.8, 4) is 17.2 Å². The van der Waals surface area contributed by atoms with Crippen LogP contribution in [0.4, 0.5) is 0 Å². The lowest BCUT2D eigenvalue weighted by Crippen LogP contribution is -2.39. The third-order valence-electron chi connectivity index (χ3n) is 3.50. The van der Waals surface area contributed by atoms with Crippen LogP contribution in [0.1, 0.15) is 13.3 Å². The molecule has 0 saturated carbocycles. The molecule has 0 spiro atoms. The van der Waals surface area contributed by atoms with E-state index in [1.54, 1.807) is 43.5 Å². The second-order valence-corrected chi connectivity index (χ2v) is 5.67. The van der Waals surface area contributed by atoms with Crippen LogP contribution in [0.15, 0.2) is 48.5 Å². The van der Waals surface area contributed by atoms with Gasteiger partial charge < -0.3 is 19.5 Å². The highest BCUT2D eigenvalue weighted by Crippen LogP contribution is 2.22. The molecule has 2 rings (SSSR count). The maximum Gasteiger partial charge on any atom is 0.261 e. The van der Waals surface area contributed by atoms with E-state index in [2.05, 4.69) is 5.32 Å². The quantitative estimate of drug-likeness (QED) is 0.690. The van der Waals surface area contributed by atoms with E-state index in [0.29, 0.717) is 36.1 Å². The minimum absolute atomic E-state index is 0.180. The van der Waals surface area contributed by atoms with E-state index in [1.165, 1.54) is 0 Å². The summed E-state index contributed by atoms with van der Waals surface area (Å²) in [5, 5.41) is 3.35. The van der Waals surface area contributed by atoms with Crippen LogP contribution < -0.4 is 19.5 Å². The smallest absolute Gasteiger partial charge is 0.261 e. The first-order valence-corrected chi connectivity index (χ1v) is 8.47. The molecular formula is C19H22ClNO4. The Hall–Kier alpha value is -2.40. The number of ether oxygens (including phenoxy) is 3. The molecular weight excluding hydrogens is 342 g/mol. The van der Waals surface area contributed by atoms with E-state index in [9.17, 15) is 4.79 Å². The molecule has 0 aliphatic carbocycles. The molecule has 2 aromatic carbocycles. The molecule has 0 aromatic heterocycles. The summed E-state index contributed by atoms with van der Waals surface area (Å²) < 4.78 is 16.4. The van der Waals surface area contributed by atoms with E-state index >= 15 is 0 Å². The third kappa shape index (κ3) is 5.87. The summed E-state index contributed by atoms with van der Waals surface area (Å²) in [4.78, 5) is 12.2. The van der Waals surface area contributed by atoms with Crippen molar-refractivity contribution < 1.29 is 19.0 Å². The van der Waals surface area contributed by atoms with Gasteiger partial charge in [-0.1, -0.05) is 30.7 Å². The Morgan fingerprint density at radius 2 is 1.80 bits per heavy atom. The predicted molar refractivity (Wildman–Crippen MR) is 97.7 cm³/mol. The number of carbonyl (C=O) groups excluding carboxylic acids is 1. The number of benzene rings is 2. The van der Waals surface area contributed by atoms with Gasteiger partial charge in [0.25, 0.3) is 5.91 Å². The Balaban J connectivity index is 1.78. The molecule has 134 valence electrons. The van der Waals surface area contributed by atoms with E-state index < -0.39 is 6.10 Å². The first-order chi connectivity index (χ1) is 12.1. The number of halogens is 1. The number of nitrogens with one attached hydrogen (secondary N) is 1. The van der Waals surface area contributed by atoms with Gasteiger partial charge in [0.15, 0.2) is 6.10 Å². The van der Waals surface area contributed by atoms with Gasteiger partial charge in [-0.25, -0.2) is 0 Å². The molecule has 0 aliphatic rings. The molecule has 5 nitrogen and oxygen atoms in total. The maximum absolute atomic E-state index is 12.2. The molecule has 6 heteroatoms. The van der Waals surface area contributed by atoms with Gasteiger partial charge in [-0.2, -0.15) is 0 Å². The van der Waals surface area contributed by atoms with Crippen molar-refractivity contribution in [1.82, 2.24) is 5.32 Å². The van der Waals surface area contributed by atoms with Crippen molar-refractivity contribution in [1.29, 1.82) is 0 Å². The first kappa shape index (κ1) is 18.9. The zero-order chi connectivity index (χ0) is 18.1. The van der Waals surface area contributed by atoms with Crippen LogP contribution in [-0.2, 0) is 4.79 Å². The predicted octanol–water partition coefficient (Wildman–Crippen LogP) is 3.70. The number of amides is 1. The van der Waals surface area contributed by atoms with Crippen LogP contribution in [0.3, 0.4) is 0 Å². The second kappa shape index (κ2) is 9.79. The molecule has 25 heavy (non-hydrogen) atoms. The van der Waals surface area contributed by atoms with Crippen LogP contribution in [0, 0.1) is 0 Å². The van der Waals surface area contributed by atoms with Gasteiger partial charge in [0.05, 0.1) is 18.7 Å². The van der Waals surface area contributed by atoms with Gasteiger partial charge in [0, 0.05) is 0 Å². The highest BCUT2D eigenvalue weighted by atomic mass is 35.5. The lowest BCUT2D eigenvalue weighted by Gasteiger charge is -2.17. The Morgan fingerprint density at radius 1 is 1.12 bits per heavy atom. The summed E-state index contributed by atoms with van der Waals surface area (Å²) in [6, 6.07) is 14.3. The zero-order valence-corrected chi connectivity index (χ0v) is 15.1. The lowest BCUT2D eigenvalue weighted by molar-refractivity contribution is -0.128. The molecule has 0 radical (unpaired) electrons. The van der Waals surface area contributed by atoms with Gasteiger partial charge in [-0.3, -0.25) is 4.79 Å². The molecule has 0 saturated heterocycles. The summed E-state index contributed by atoms with van der Waals surface area (Å²) >= 11 is 6.01. The van der Waals surface area contributed by atoms with Gasteiger partial charge in [0.1, 0.15) is 23.9 Å². The van der Waals surface area contributed by atoms with Gasteiger partial charge in [-0.15, -0.1) is 0 Å². The maximum atomic E-state index is 12.2. The fraction of sp³-hybridized carbons (Fsp3) is 0.316. The summed E-state index contributed by atoms with van der Waals surface area (Å²) in [6.45, 7) is 2.59. The fourth-order valence-corrected chi connectivity index (χ4v) is 2.34. The summed E-state index contributed by atoms with van der Waals surface area (Å²) in [7, 11) is 1.60. The Kier molecular flexibility index (Phi) is 7.41. The average Bonchev–Trinajstić information content (AvgIpc) is 2.65. The topological polar surface area (TPSA) is 56.8 Å². The molecule has 1 atom stereocenters. The summed E-state index contributed by atoms with van der Waals surface area (Å²) in [5.74, 6) is 1.78. The highest BCUT2D eigenvalue weighted by Gasteiger charge is 2.18. The number of methoxy groups -OCH3 is 1. The van der Waals surface area contributed by atoms with E-state index in [-0.39, 0.29) is 5.91 Å². The molecule has 1 amide bonds. The van der Waals surface area contributed by atoms with Crippen molar-refractivity contribution in [2.75, 3.05) is 20.3 Å². The standard InChI is InChI=1S/C19H22ClNO4/c1-3-17(25-15-10-8-14(23-2)9-11-15)19(22)21-12-13-24-18-7-5-4-6-16(18)20/h4-11,17H,3,12-13H2,1-2H3,(H,21,22)/t17-/m1/s1. The Labute approximate surface area is 152 Å². The van der Waals surface area contributed by atoms with Crippen molar-refractivity contribution in [3.63, 3.8) is 0 Å². The van der Waals surface area contributed by atoms with Crippen molar-refractivity contribution in [2.24, 2.45) is 0 Å². The normalized spacial score (nSPS) is 11.5. The summed E-state index contributed by atoms with van der Waals surface area (Å²) in [6.07, 6.45) is -0.00262. The van der Waals surface area contributed by atoms with E-state index in [4.69, 9.17) is 25.8 Å². The summed E-state index contributed by atoms with van der Waals surface area (Å²) in [5.41, 5.74) is 0. The van der Waals surface area contributed by atoms with Crippen LogP contribution in [-0.4, -0.2) is 32.3 Å². The molecule has 0 bridgehead atoms. The zero-order valence-electron chi connectivity index (χ0n) is 14.3. The Bertz CT molecular complexity index is 675. The number of para-hydroxylation sites is 1. The van der Waals surface area contributed by atoms with Crippen LogP contribution >= 0.6 is 11.6 Å². The Morgan fingerprint density at radius 3 is 2.44 bits per heavy atom. The van der Waals surface area contributed by atoms with E-state index in [0.717, 1.165) is 5.75 Å². The largest absolute Gasteiger partial charge is 0.497 e. The van der Waals surface area contributed by atoms with Crippen molar-refractivity contribution >= 4 is 17.5 Å². The number of rotatable bonds is 9. The molecule has 0 fully saturated rings. The lowest BCUT2D eigenvalue weighted by atomic mass is 10.2. The minimum Gasteiger partial charge on any atom is -0.497 e. The van der Waals surface area contributed by atoms with Crippen molar-refractivity contribution in [2.45, 2.75) is 19.4 Å². The molecule has 1 N–H and O–H groups in total. The fourth-order valence-electron chi connectivity index (χ4n) is 2.15. The average molecular weight is 364 g/mol. The highest BCUT2D eigenvalue weighted by molar-refractivity contribution is 6.32. The molecule has 2 aromatic rings. The van der Waals surface area contributed by atoms with Crippen LogP contribution in [0.5, 0.6) is 17.2 Å². The van der Waals surface area contributed by atoms with Crippen LogP contribution in [0.25, 0.3) is 0 Å². The molecule has 0 unspecified atom stereocenters. The SMILES string of the molecule is CC[C@@H](Oc1ccc(OC)cc1)C(=O)NCCOc1ccccc1Cl. The second-order valence-electron chi connectivity index (χ2n) is 5.26. The number of hydrogen-bond acceptors (Lipinski definition) is 4. The van der Waals surface area contributed by atoms with Gasteiger partial charge >= 0.3 is 0 Å². The minimum atomic E-state index is -0.561. The van der Waals surface area contributed by atoms with E-state index in [1.807, 2.05) is 19.1 Å².